The molecule has 11 nitrogen and oxygen atoms in total. The van der Waals surface area contributed by atoms with Crippen LogP contribution in [0.15, 0.2) is 38.9 Å². The van der Waals surface area contributed by atoms with Crippen LogP contribution in [-0.2, 0) is 33.2 Å². The highest BCUT2D eigenvalue weighted by atomic mass is 79.9. The fraction of sp³-hybridized carbons (Fsp3) is 0.677. The minimum Gasteiger partial charge on any atom is -0.459 e. The maximum atomic E-state index is 13.8. The molecule has 1 aromatic heterocycles. The average Bonchev–Trinajstić information content (AvgIpc) is 3.54. The van der Waals surface area contributed by atoms with Gasteiger partial charge in [-0.1, -0.05) is 30.7 Å². The van der Waals surface area contributed by atoms with E-state index in [2.05, 4.69) is 36.8 Å². The third-order valence-electron chi connectivity index (χ3n) is 9.89. The summed E-state index contributed by atoms with van der Waals surface area (Å²) in [6, 6.07) is 1.62. The Kier molecular flexibility index (Phi) is 10.5. The van der Waals surface area contributed by atoms with Gasteiger partial charge in [0.25, 0.3) is 0 Å². The van der Waals surface area contributed by atoms with Gasteiger partial charge >= 0.3 is 11.9 Å². The summed E-state index contributed by atoms with van der Waals surface area (Å²) in [5.74, 6) is -3.60. The summed E-state index contributed by atoms with van der Waals surface area (Å²) >= 11 is 6.74. The van der Waals surface area contributed by atoms with Crippen molar-refractivity contribution in [3.05, 3.63) is 44.6 Å². The first-order chi connectivity index (χ1) is 21.0. The Morgan fingerprint density at radius 3 is 2.55 bits per heavy atom. The molecule has 2 bridgehead atoms. The zero-order valence-corrected chi connectivity index (χ0v) is 28.6. The van der Waals surface area contributed by atoms with Gasteiger partial charge in [0.05, 0.1) is 53.1 Å². The lowest BCUT2D eigenvalue weighted by Gasteiger charge is -2.59. The largest absolute Gasteiger partial charge is 0.459 e. The fourth-order valence-corrected chi connectivity index (χ4v) is 8.74. The highest BCUT2D eigenvalue weighted by molar-refractivity contribution is 9.13. The number of carbonyl (C=O) groups excluding carboxylic acids is 2. The molecule has 44 heavy (non-hydrogen) atoms. The number of nitrogens with one attached hydrogen (secondary N) is 1. The number of aliphatic hydroxyl groups excluding tert-OH is 2. The van der Waals surface area contributed by atoms with Crippen molar-refractivity contribution >= 4 is 43.8 Å². The van der Waals surface area contributed by atoms with Gasteiger partial charge in [0.2, 0.25) is 0 Å². The van der Waals surface area contributed by atoms with Crippen molar-refractivity contribution in [1.29, 1.82) is 0 Å². The summed E-state index contributed by atoms with van der Waals surface area (Å²) in [6.07, 6.45) is 1.63. The van der Waals surface area contributed by atoms with Gasteiger partial charge in [-0.25, -0.2) is 4.79 Å². The molecule has 1 saturated heterocycles. The Morgan fingerprint density at radius 1 is 1.18 bits per heavy atom. The van der Waals surface area contributed by atoms with Crippen LogP contribution in [0.25, 0.3) is 0 Å². The number of aromatic amines is 1. The van der Waals surface area contributed by atoms with Crippen LogP contribution >= 0.6 is 31.9 Å². The zero-order valence-electron chi connectivity index (χ0n) is 25.4. The molecule has 5 rings (SSSR count). The number of allylic oxidation sites excluding steroid dienone is 1. The van der Waals surface area contributed by atoms with Crippen LogP contribution in [0.5, 0.6) is 0 Å². The van der Waals surface area contributed by atoms with Crippen LogP contribution in [0.2, 0.25) is 0 Å². The molecular formula is C31H41Br2NO10. The van der Waals surface area contributed by atoms with E-state index in [9.17, 15) is 19.8 Å². The SMILES string of the molecule is COC[C@@H]1[C@@H](O)[C@@H]2C[C@@H](O[C@@H]3C=C[C@@H]4[C@@H](COC)C(=O)O[C@H]([C@H](O)COC)[C@H](C)/C=C(\C)[C@@]432)[C@@H]1OC(=O)c1cc(Br)c(Br)[nH]1. The second-order valence-corrected chi connectivity index (χ2v) is 13.9. The first-order valence-electron chi connectivity index (χ1n) is 14.8. The minimum absolute atomic E-state index is 0.00252. The smallest absolute Gasteiger partial charge is 0.355 e. The van der Waals surface area contributed by atoms with Crippen molar-refractivity contribution in [2.45, 2.75) is 56.9 Å². The third kappa shape index (κ3) is 5.76. The van der Waals surface area contributed by atoms with E-state index in [-0.39, 0.29) is 37.4 Å². The van der Waals surface area contributed by atoms with Gasteiger partial charge in [0.1, 0.15) is 24.0 Å². The predicted molar refractivity (Wildman–Crippen MR) is 165 cm³/mol. The molecule has 2 aliphatic heterocycles. The number of halogens is 2. The van der Waals surface area contributed by atoms with Gasteiger partial charge in [-0.15, -0.1) is 0 Å². The number of aliphatic hydroxyl groups is 2. The molecule has 0 amide bonds. The van der Waals surface area contributed by atoms with E-state index in [4.69, 9.17) is 28.4 Å². The van der Waals surface area contributed by atoms with E-state index in [1.54, 1.807) is 13.2 Å². The van der Waals surface area contributed by atoms with Crippen LogP contribution in [0, 0.1) is 35.0 Å². The van der Waals surface area contributed by atoms with Crippen molar-refractivity contribution in [2.75, 3.05) is 41.2 Å². The van der Waals surface area contributed by atoms with E-state index < -0.39 is 71.7 Å². The Labute approximate surface area is 273 Å². The van der Waals surface area contributed by atoms with Gasteiger partial charge in [0.15, 0.2) is 0 Å². The number of carbonyl (C=O) groups is 2. The van der Waals surface area contributed by atoms with Gasteiger partial charge in [-0.3, -0.25) is 4.79 Å². The lowest BCUT2D eigenvalue weighted by molar-refractivity contribution is -0.248. The number of fused-ring (bicyclic) bond motifs is 2. The minimum atomic E-state index is -1.04. The molecule has 0 unspecified atom stereocenters. The molecule has 244 valence electrons. The van der Waals surface area contributed by atoms with Crippen LogP contribution in [-0.4, -0.2) is 105 Å². The number of rotatable bonds is 9. The van der Waals surface area contributed by atoms with E-state index in [1.165, 1.54) is 14.2 Å². The maximum Gasteiger partial charge on any atom is 0.355 e. The van der Waals surface area contributed by atoms with Crippen LogP contribution in [0.4, 0.5) is 0 Å². The summed E-state index contributed by atoms with van der Waals surface area (Å²) < 4.78 is 36.4. The second-order valence-electron chi connectivity index (χ2n) is 12.3. The Bertz CT molecular complexity index is 1260. The molecule has 1 aromatic rings. The highest BCUT2D eigenvalue weighted by Crippen LogP contribution is 2.62. The fourth-order valence-electron chi connectivity index (χ4n) is 8.09. The van der Waals surface area contributed by atoms with Crippen LogP contribution in [0.1, 0.15) is 30.8 Å². The number of aromatic nitrogens is 1. The molecule has 0 radical (unpaired) electrons. The standard InChI is InChI=1S/C31H41Br2NO10/c1-14-8-15(2)31-18(16(11-39-3)29(37)43-26(14)22(35)13-41-5)6-7-24(31)42-23-9-19(31)25(36)17(12-40-4)27(23)44-30(38)21-10-20(32)28(33)34-21/h6-8,10,14,16-19,22-27,34-36H,9,11-13H2,1-5H3/b15-8+/t14-,16-,17-,18-,19+,22-,23-,24-,25-,26+,27-,31+/m1/s1. The summed E-state index contributed by atoms with van der Waals surface area (Å²) in [4.78, 5) is 30.1. The molecule has 2 aliphatic carbocycles. The van der Waals surface area contributed by atoms with Crippen molar-refractivity contribution < 1.29 is 48.2 Å². The molecule has 12 atom stereocenters. The third-order valence-corrected chi connectivity index (χ3v) is 11.7. The van der Waals surface area contributed by atoms with E-state index >= 15 is 0 Å². The number of esters is 2. The predicted octanol–water partition coefficient (Wildman–Crippen LogP) is 3.43. The molecule has 1 saturated carbocycles. The Balaban J connectivity index is 1.56. The quantitative estimate of drug-likeness (QED) is 0.254. The molecule has 2 fully saturated rings. The van der Waals surface area contributed by atoms with Crippen molar-refractivity contribution in [2.24, 2.45) is 35.0 Å². The second kappa shape index (κ2) is 13.6. The van der Waals surface area contributed by atoms with E-state index in [1.807, 2.05) is 32.1 Å². The molecule has 3 N–H and O–H groups in total. The summed E-state index contributed by atoms with van der Waals surface area (Å²) in [7, 11) is 4.55. The lowest BCUT2D eigenvalue weighted by Crippen LogP contribution is -2.66. The summed E-state index contributed by atoms with van der Waals surface area (Å²) in [5, 5.41) is 23.1. The highest BCUT2D eigenvalue weighted by Gasteiger charge is 2.67. The molecule has 13 heteroatoms. The van der Waals surface area contributed by atoms with Crippen LogP contribution in [0.3, 0.4) is 0 Å². The van der Waals surface area contributed by atoms with Gasteiger partial charge in [-0.05, 0) is 51.3 Å². The zero-order chi connectivity index (χ0) is 31.9. The van der Waals surface area contributed by atoms with Gasteiger partial charge in [-0.2, -0.15) is 0 Å². The Morgan fingerprint density at radius 2 is 1.91 bits per heavy atom. The van der Waals surface area contributed by atoms with E-state index in [0.717, 1.165) is 5.57 Å². The molecule has 3 heterocycles. The topological polar surface area (TPSA) is 146 Å². The van der Waals surface area contributed by atoms with E-state index in [0.29, 0.717) is 15.5 Å². The average molecular weight is 747 g/mol. The number of methoxy groups -OCH3 is 3. The molecule has 1 spiro atoms. The monoisotopic (exact) mass is 745 g/mol. The maximum absolute atomic E-state index is 13.8. The summed E-state index contributed by atoms with van der Waals surface area (Å²) in [6.45, 7) is 4.09. The number of hydrogen-bond acceptors (Lipinski definition) is 10. The number of hydrogen-bond donors (Lipinski definition) is 3. The first-order valence-corrected chi connectivity index (χ1v) is 16.4. The molecular weight excluding hydrogens is 706 g/mol. The number of cyclic esters (lactones) is 1. The summed E-state index contributed by atoms with van der Waals surface area (Å²) in [5.41, 5.74) is 0.345. The number of ether oxygens (including phenoxy) is 6. The first kappa shape index (κ1) is 33.8. The van der Waals surface area contributed by atoms with Crippen molar-refractivity contribution in [3.63, 3.8) is 0 Å². The molecule has 4 aliphatic rings. The van der Waals surface area contributed by atoms with Gasteiger partial charge < -0.3 is 43.6 Å². The number of H-pyrrole nitrogens is 1. The lowest BCUT2D eigenvalue weighted by atomic mass is 9.51. The van der Waals surface area contributed by atoms with Crippen LogP contribution < -0.4 is 0 Å². The normalized spacial score (nSPS) is 40.0. The van der Waals surface area contributed by atoms with Crippen molar-refractivity contribution in [1.82, 2.24) is 4.98 Å². The van der Waals surface area contributed by atoms with Gasteiger partial charge in [0, 0.05) is 50.4 Å². The Hall–Kier alpha value is -1.58. The molecule has 0 aromatic carbocycles. The van der Waals surface area contributed by atoms with Crippen molar-refractivity contribution in [3.8, 4) is 0 Å².